The molecule has 0 radical (unpaired) electrons. The summed E-state index contributed by atoms with van der Waals surface area (Å²) in [4.78, 5) is 1.61. The Morgan fingerprint density at radius 3 is 2.55 bits per heavy atom. The Morgan fingerprint density at radius 1 is 1.20 bits per heavy atom. The summed E-state index contributed by atoms with van der Waals surface area (Å²) in [6.07, 6.45) is 3.23. The van der Waals surface area contributed by atoms with E-state index in [1.807, 2.05) is 44.2 Å². The van der Waals surface area contributed by atoms with Crippen LogP contribution in [0.1, 0.15) is 32.4 Å². The van der Waals surface area contributed by atoms with Crippen molar-refractivity contribution in [3.05, 3.63) is 42.2 Å². The maximum absolute atomic E-state index is 10.2. The van der Waals surface area contributed by atoms with Crippen molar-refractivity contribution < 1.29 is 5.11 Å². The first-order valence-electron chi connectivity index (χ1n) is 7.06. The fraction of sp³-hybridized carbons (Fsp3) is 0.467. The van der Waals surface area contributed by atoms with Crippen LogP contribution in [0.15, 0.2) is 36.5 Å². The molecule has 0 atom stereocenters. The summed E-state index contributed by atoms with van der Waals surface area (Å²) in [7, 11) is 0. The average Bonchev–Trinajstić information content (AvgIpc) is 2.97. The van der Waals surface area contributed by atoms with E-state index < -0.39 is 5.60 Å². The first kappa shape index (κ1) is 14.7. The summed E-state index contributed by atoms with van der Waals surface area (Å²) >= 11 is 0. The van der Waals surface area contributed by atoms with Gasteiger partial charge in [-0.25, -0.2) is 0 Å². The van der Waals surface area contributed by atoms with Crippen LogP contribution in [0.3, 0.4) is 0 Å². The van der Waals surface area contributed by atoms with Crippen LogP contribution >= 0.6 is 0 Å². The molecule has 0 saturated heterocycles. The molecule has 0 amide bonds. The van der Waals surface area contributed by atoms with E-state index in [4.69, 9.17) is 0 Å². The predicted octanol–water partition coefficient (Wildman–Crippen LogP) is 1.91. The van der Waals surface area contributed by atoms with Crippen molar-refractivity contribution in [2.24, 2.45) is 0 Å². The molecule has 0 saturated carbocycles. The van der Waals surface area contributed by atoms with Gasteiger partial charge in [0, 0.05) is 13.1 Å². The SMILES string of the molecule is CCC(O)(CC)CNCc1cnn(-c2ccccc2)n1. The van der Waals surface area contributed by atoms with Gasteiger partial charge in [-0.1, -0.05) is 32.0 Å². The molecule has 2 N–H and O–H groups in total. The van der Waals surface area contributed by atoms with Crippen molar-refractivity contribution >= 4 is 0 Å². The fourth-order valence-electron chi connectivity index (χ4n) is 1.98. The molecular weight excluding hydrogens is 252 g/mol. The Labute approximate surface area is 119 Å². The highest BCUT2D eigenvalue weighted by Crippen LogP contribution is 2.13. The first-order chi connectivity index (χ1) is 9.67. The fourth-order valence-corrected chi connectivity index (χ4v) is 1.98. The minimum atomic E-state index is -0.630. The van der Waals surface area contributed by atoms with Crippen LogP contribution in [0.2, 0.25) is 0 Å². The third-order valence-electron chi connectivity index (χ3n) is 3.60. The number of rotatable bonds is 7. The normalized spacial score (nSPS) is 11.8. The Morgan fingerprint density at radius 2 is 1.90 bits per heavy atom. The van der Waals surface area contributed by atoms with Crippen molar-refractivity contribution in [2.45, 2.75) is 38.8 Å². The number of aromatic nitrogens is 3. The third kappa shape index (κ3) is 3.65. The lowest BCUT2D eigenvalue weighted by Crippen LogP contribution is -2.39. The van der Waals surface area contributed by atoms with Crippen molar-refractivity contribution in [2.75, 3.05) is 6.54 Å². The summed E-state index contributed by atoms with van der Waals surface area (Å²) < 4.78 is 0. The van der Waals surface area contributed by atoms with Gasteiger partial charge in [0.05, 0.1) is 23.2 Å². The quantitative estimate of drug-likeness (QED) is 0.809. The molecular formula is C15H22N4O. The highest BCUT2D eigenvalue weighted by atomic mass is 16.3. The van der Waals surface area contributed by atoms with E-state index in [-0.39, 0.29) is 0 Å². The number of benzene rings is 1. The summed E-state index contributed by atoms with van der Waals surface area (Å²) in [5.41, 5.74) is 1.18. The molecule has 0 fully saturated rings. The van der Waals surface area contributed by atoms with Gasteiger partial charge in [-0.2, -0.15) is 15.0 Å². The Hall–Kier alpha value is -1.72. The zero-order chi connectivity index (χ0) is 14.4. The molecule has 2 aromatic rings. The van der Waals surface area contributed by atoms with Gasteiger partial charge < -0.3 is 10.4 Å². The van der Waals surface area contributed by atoms with Gasteiger partial charge in [0.15, 0.2) is 0 Å². The summed E-state index contributed by atoms with van der Waals surface area (Å²) in [5, 5.41) is 22.1. The minimum Gasteiger partial charge on any atom is -0.389 e. The van der Waals surface area contributed by atoms with Crippen LogP contribution in [-0.2, 0) is 6.54 Å². The van der Waals surface area contributed by atoms with Gasteiger partial charge in [-0.3, -0.25) is 0 Å². The molecule has 2 rings (SSSR count). The third-order valence-corrected chi connectivity index (χ3v) is 3.60. The van der Waals surface area contributed by atoms with Gasteiger partial charge >= 0.3 is 0 Å². The molecule has 5 heteroatoms. The van der Waals surface area contributed by atoms with E-state index in [0.29, 0.717) is 13.1 Å². The average molecular weight is 274 g/mol. The lowest BCUT2D eigenvalue weighted by atomic mass is 9.98. The minimum absolute atomic E-state index is 0.568. The number of nitrogens with zero attached hydrogens (tertiary/aromatic N) is 3. The van der Waals surface area contributed by atoms with Gasteiger partial charge in [0.25, 0.3) is 0 Å². The van der Waals surface area contributed by atoms with E-state index >= 15 is 0 Å². The highest BCUT2D eigenvalue weighted by molar-refractivity contribution is 5.28. The van der Waals surface area contributed by atoms with Gasteiger partial charge in [0.2, 0.25) is 0 Å². The molecule has 0 spiro atoms. The Balaban J connectivity index is 1.91. The second-order valence-corrected chi connectivity index (χ2v) is 5.00. The molecule has 5 nitrogen and oxygen atoms in total. The smallest absolute Gasteiger partial charge is 0.0969 e. The van der Waals surface area contributed by atoms with E-state index in [2.05, 4.69) is 15.5 Å². The van der Waals surface area contributed by atoms with Gasteiger partial charge in [0.1, 0.15) is 0 Å². The summed E-state index contributed by atoms with van der Waals surface area (Å²) in [5.74, 6) is 0. The predicted molar refractivity (Wildman–Crippen MR) is 78.6 cm³/mol. The molecule has 1 heterocycles. The molecule has 0 aliphatic carbocycles. The monoisotopic (exact) mass is 274 g/mol. The van der Waals surface area contributed by atoms with Gasteiger partial charge in [-0.15, -0.1) is 0 Å². The number of para-hydroxylation sites is 1. The maximum atomic E-state index is 10.2. The van der Waals surface area contributed by atoms with Gasteiger partial charge in [-0.05, 0) is 25.0 Å². The highest BCUT2D eigenvalue weighted by Gasteiger charge is 2.21. The largest absolute Gasteiger partial charge is 0.389 e. The van der Waals surface area contributed by atoms with Crippen LogP contribution in [0, 0.1) is 0 Å². The number of hydrogen-bond donors (Lipinski definition) is 2. The first-order valence-corrected chi connectivity index (χ1v) is 7.06. The number of aliphatic hydroxyl groups is 1. The lowest BCUT2D eigenvalue weighted by molar-refractivity contribution is 0.0322. The molecule has 0 bridgehead atoms. The van der Waals surface area contributed by atoms with E-state index in [1.54, 1.807) is 11.0 Å². The molecule has 0 aliphatic rings. The lowest BCUT2D eigenvalue weighted by Gasteiger charge is -2.25. The molecule has 1 aromatic carbocycles. The number of nitrogens with one attached hydrogen (secondary N) is 1. The molecule has 108 valence electrons. The van der Waals surface area contributed by atoms with Crippen molar-refractivity contribution in [3.8, 4) is 5.69 Å². The number of hydrogen-bond acceptors (Lipinski definition) is 4. The van der Waals surface area contributed by atoms with Crippen LogP contribution in [0.4, 0.5) is 0 Å². The standard InChI is InChI=1S/C15H22N4O/c1-3-15(20,4-2)12-16-10-13-11-17-19(18-13)14-8-6-5-7-9-14/h5-9,11,16,20H,3-4,10,12H2,1-2H3. The van der Waals surface area contributed by atoms with Crippen molar-refractivity contribution in [3.63, 3.8) is 0 Å². The maximum Gasteiger partial charge on any atom is 0.0969 e. The Bertz CT molecular complexity index is 520. The van der Waals surface area contributed by atoms with Crippen LogP contribution < -0.4 is 5.32 Å². The zero-order valence-corrected chi connectivity index (χ0v) is 12.1. The molecule has 0 unspecified atom stereocenters. The van der Waals surface area contributed by atoms with E-state index in [1.165, 1.54) is 0 Å². The van der Waals surface area contributed by atoms with Crippen LogP contribution in [-0.4, -0.2) is 32.2 Å². The molecule has 0 aliphatic heterocycles. The second kappa shape index (κ2) is 6.63. The zero-order valence-electron chi connectivity index (χ0n) is 12.1. The molecule has 20 heavy (non-hydrogen) atoms. The van der Waals surface area contributed by atoms with Crippen LogP contribution in [0.5, 0.6) is 0 Å². The topological polar surface area (TPSA) is 63.0 Å². The Kier molecular flexibility index (Phi) is 4.87. The van der Waals surface area contributed by atoms with Crippen molar-refractivity contribution in [1.29, 1.82) is 0 Å². The van der Waals surface area contributed by atoms with Crippen LogP contribution in [0.25, 0.3) is 5.69 Å². The van der Waals surface area contributed by atoms with E-state index in [0.717, 1.165) is 24.2 Å². The van der Waals surface area contributed by atoms with E-state index in [9.17, 15) is 5.11 Å². The summed E-state index contributed by atoms with van der Waals surface area (Å²) in [6.45, 7) is 5.17. The second-order valence-electron chi connectivity index (χ2n) is 5.00. The van der Waals surface area contributed by atoms with Crippen molar-refractivity contribution in [1.82, 2.24) is 20.3 Å². The summed E-state index contributed by atoms with van der Waals surface area (Å²) in [6, 6.07) is 9.80. The molecule has 1 aromatic heterocycles.